The monoisotopic (exact) mass is 264 g/mol. The topological polar surface area (TPSA) is 90.0 Å². The zero-order valence-electron chi connectivity index (χ0n) is 11.2. The van der Waals surface area contributed by atoms with E-state index in [-0.39, 0.29) is 17.5 Å². The van der Waals surface area contributed by atoms with Crippen LogP contribution in [0.5, 0.6) is 0 Å². The Hall–Kier alpha value is -1.85. The van der Waals surface area contributed by atoms with Gasteiger partial charge in [-0.25, -0.2) is 0 Å². The van der Waals surface area contributed by atoms with E-state index in [2.05, 4.69) is 10.4 Å². The molecule has 0 atom stereocenters. The zero-order valence-corrected chi connectivity index (χ0v) is 11.2. The van der Waals surface area contributed by atoms with Crippen molar-refractivity contribution < 1.29 is 9.59 Å². The van der Waals surface area contributed by atoms with Crippen LogP contribution in [0.15, 0.2) is 6.20 Å². The van der Waals surface area contributed by atoms with Crippen LogP contribution < -0.4 is 11.1 Å². The quantitative estimate of drug-likeness (QED) is 0.863. The first-order chi connectivity index (χ1) is 9.13. The summed E-state index contributed by atoms with van der Waals surface area (Å²) in [4.78, 5) is 23.6. The van der Waals surface area contributed by atoms with E-state index in [1.807, 2.05) is 6.92 Å². The highest BCUT2D eigenvalue weighted by molar-refractivity contribution is 6.02. The van der Waals surface area contributed by atoms with E-state index in [1.54, 1.807) is 0 Å². The smallest absolute Gasteiger partial charge is 0.269 e. The third-order valence-corrected chi connectivity index (χ3v) is 3.61. The molecule has 3 N–H and O–H groups in total. The van der Waals surface area contributed by atoms with Crippen LogP contribution in [0.25, 0.3) is 0 Å². The lowest BCUT2D eigenvalue weighted by atomic mass is 9.88. The summed E-state index contributed by atoms with van der Waals surface area (Å²) in [5.74, 6) is -0.560. The van der Waals surface area contributed by atoms with Crippen molar-refractivity contribution in [3.8, 4) is 0 Å². The molecule has 0 radical (unpaired) electrons. The van der Waals surface area contributed by atoms with Gasteiger partial charge in [0.25, 0.3) is 5.91 Å². The van der Waals surface area contributed by atoms with Gasteiger partial charge in [0.15, 0.2) is 0 Å². The van der Waals surface area contributed by atoms with Gasteiger partial charge in [0.05, 0.1) is 11.9 Å². The van der Waals surface area contributed by atoms with Gasteiger partial charge >= 0.3 is 0 Å². The minimum absolute atomic E-state index is 0.0298. The largest absolute Gasteiger partial charge is 0.364 e. The number of nitrogens with two attached hydrogens (primary N) is 1. The van der Waals surface area contributed by atoms with Crippen molar-refractivity contribution in [1.82, 2.24) is 9.78 Å². The first-order valence-corrected chi connectivity index (χ1v) is 6.80. The molecule has 1 saturated carbocycles. The summed E-state index contributed by atoms with van der Waals surface area (Å²) in [5.41, 5.74) is 6.03. The number of aromatic nitrogens is 2. The van der Waals surface area contributed by atoms with Crippen molar-refractivity contribution in [2.75, 3.05) is 5.32 Å². The summed E-state index contributed by atoms with van der Waals surface area (Å²) in [6.45, 7) is 2.41. The maximum absolute atomic E-state index is 12.1. The number of carbonyl (C=O) groups excluding carboxylic acids is 2. The number of anilines is 1. The van der Waals surface area contributed by atoms with Gasteiger partial charge in [-0.05, 0) is 19.8 Å². The molecule has 2 rings (SSSR count). The Morgan fingerprint density at radius 2 is 2.11 bits per heavy atom. The molecule has 1 aromatic heterocycles. The van der Waals surface area contributed by atoms with Crippen molar-refractivity contribution in [1.29, 1.82) is 0 Å². The minimum atomic E-state index is -0.571. The number of nitrogens with zero attached hydrogens (tertiary/aromatic N) is 2. The van der Waals surface area contributed by atoms with Crippen LogP contribution in [0, 0.1) is 5.92 Å². The molecular formula is C13H20N4O2. The third-order valence-electron chi connectivity index (χ3n) is 3.61. The lowest BCUT2D eigenvalue weighted by molar-refractivity contribution is -0.120. The second-order valence-electron chi connectivity index (χ2n) is 4.91. The van der Waals surface area contributed by atoms with Crippen LogP contribution in [0.3, 0.4) is 0 Å². The molecule has 6 heteroatoms. The predicted octanol–water partition coefficient (Wildman–Crippen LogP) is 1.52. The highest BCUT2D eigenvalue weighted by atomic mass is 16.2. The summed E-state index contributed by atoms with van der Waals surface area (Å²) in [5, 5.41) is 6.85. The summed E-state index contributed by atoms with van der Waals surface area (Å²) in [6.07, 6.45) is 6.71. The molecule has 1 heterocycles. The summed E-state index contributed by atoms with van der Waals surface area (Å²) in [6, 6.07) is 0. The molecule has 0 aliphatic heterocycles. The molecule has 1 fully saturated rings. The van der Waals surface area contributed by atoms with Gasteiger partial charge < -0.3 is 11.1 Å². The van der Waals surface area contributed by atoms with E-state index >= 15 is 0 Å². The number of amides is 2. The van der Waals surface area contributed by atoms with E-state index in [9.17, 15) is 9.59 Å². The van der Waals surface area contributed by atoms with E-state index in [0.29, 0.717) is 12.2 Å². The highest BCUT2D eigenvalue weighted by Crippen LogP contribution is 2.25. The van der Waals surface area contributed by atoms with Crippen molar-refractivity contribution in [2.45, 2.75) is 45.6 Å². The molecule has 104 valence electrons. The number of aryl methyl sites for hydroxylation is 1. The number of nitrogens with one attached hydrogen (secondary N) is 1. The highest BCUT2D eigenvalue weighted by Gasteiger charge is 2.24. The lowest BCUT2D eigenvalue weighted by Gasteiger charge is -2.20. The van der Waals surface area contributed by atoms with Crippen molar-refractivity contribution >= 4 is 17.5 Å². The Morgan fingerprint density at radius 3 is 2.68 bits per heavy atom. The molecule has 0 aromatic carbocycles. The van der Waals surface area contributed by atoms with Gasteiger partial charge in [-0.1, -0.05) is 19.3 Å². The molecule has 2 amide bonds. The number of primary amides is 1. The van der Waals surface area contributed by atoms with Crippen molar-refractivity contribution in [2.24, 2.45) is 11.7 Å². The SMILES string of the molecule is CCn1ncc(NC(=O)C2CCCCC2)c1C(N)=O. The average molecular weight is 264 g/mol. The second kappa shape index (κ2) is 5.86. The second-order valence-corrected chi connectivity index (χ2v) is 4.91. The molecular weight excluding hydrogens is 244 g/mol. The van der Waals surface area contributed by atoms with Crippen LogP contribution in [0.2, 0.25) is 0 Å². The van der Waals surface area contributed by atoms with Gasteiger partial charge in [-0.3, -0.25) is 14.3 Å². The van der Waals surface area contributed by atoms with Crippen molar-refractivity contribution in [3.05, 3.63) is 11.9 Å². The van der Waals surface area contributed by atoms with Gasteiger partial charge in [0.1, 0.15) is 5.69 Å². The van der Waals surface area contributed by atoms with Crippen LogP contribution in [0.4, 0.5) is 5.69 Å². The van der Waals surface area contributed by atoms with Crippen LogP contribution >= 0.6 is 0 Å². The summed E-state index contributed by atoms with van der Waals surface area (Å²) >= 11 is 0. The van der Waals surface area contributed by atoms with Crippen molar-refractivity contribution in [3.63, 3.8) is 0 Å². The van der Waals surface area contributed by atoms with Gasteiger partial charge in [0.2, 0.25) is 5.91 Å². The zero-order chi connectivity index (χ0) is 13.8. The molecule has 0 bridgehead atoms. The molecule has 1 aromatic rings. The first-order valence-electron chi connectivity index (χ1n) is 6.80. The molecule has 0 spiro atoms. The van der Waals surface area contributed by atoms with E-state index in [4.69, 9.17) is 5.73 Å². The number of carbonyl (C=O) groups is 2. The first kappa shape index (κ1) is 13.6. The standard InChI is InChI=1S/C13H20N4O2/c1-2-17-11(12(14)18)10(8-15-17)16-13(19)9-6-4-3-5-7-9/h8-9H,2-7H2,1H3,(H2,14,18)(H,16,19). The van der Waals surface area contributed by atoms with Gasteiger partial charge in [-0.15, -0.1) is 0 Å². The number of hydrogen-bond acceptors (Lipinski definition) is 3. The average Bonchev–Trinajstić information content (AvgIpc) is 2.82. The van der Waals surface area contributed by atoms with Gasteiger partial charge in [-0.2, -0.15) is 5.10 Å². The molecule has 0 unspecified atom stereocenters. The molecule has 1 aliphatic rings. The molecule has 6 nitrogen and oxygen atoms in total. The van der Waals surface area contributed by atoms with E-state index in [1.165, 1.54) is 17.3 Å². The van der Waals surface area contributed by atoms with Crippen LogP contribution in [-0.4, -0.2) is 21.6 Å². The molecule has 0 saturated heterocycles. The fraction of sp³-hybridized carbons (Fsp3) is 0.615. The Kier molecular flexibility index (Phi) is 4.19. The fourth-order valence-electron chi connectivity index (χ4n) is 2.58. The normalized spacial score (nSPS) is 16.3. The maximum Gasteiger partial charge on any atom is 0.269 e. The Bertz CT molecular complexity index is 475. The number of hydrogen-bond donors (Lipinski definition) is 2. The fourth-order valence-corrected chi connectivity index (χ4v) is 2.58. The Morgan fingerprint density at radius 1 is 1.42 bits per heavy atom. The lowest BCUT2D eigenvalue weighted by Crippen LogP contribution is -2.26. The van der Waals surface area contributed by atoms with E-state index in [0.717, 1.165) is 25.7 Å². The third kappa shape index (κ3) is 2.94. The Labute approximate surface area is 112 Å². The Balaban J connectivity index is 2.12. The summed E-state index contributed by atoms with van der Waals surface area (Å²) < 4.78 is 1.50. The maximum atomic E-state index is 12.1. The van der Waals surface area contributed by atoms with Crippen LogP contribution in [-0.2, 0) is 11.3 Å². The number of rotatable bonds is 4. The predicted molar refractivity (Wildman–Crippen MR) is 71.6 cm³/mol. The minimum Gasteiger partial charge on any atom is -0.364 e. The van der Waals surface area contributed by atoms with Crippen LogP contribution in [0.1, 0.15) is 49.5 Å². The molecule has 1 aliphatic carbocycles. The van der Waals surface area contributed by atoms with E-state index < -0.39 is 5.91 Å². The molecule has 19 heavy (non-hydrogen) atoms. The van der Waals surface area contributed by atoms with Gasteiger partial charge in [0, 0.05) is 12.5 Å². The summed E-state index contributed by atoms with van der Waals surface area (Å²) in [7, 11) is 0.